The van der Waals surface area contributed by atoms with Gasteiger partial charge in [-0.1, -0.05) is 64.2 Å². The molecule has 6 N–H and O–H groups in total. The molecule has 0 radical (unpaired) electrons. The smallest absolute Gasteiger partial charge is 0.303 e. The van der Waals surface area contributed by atoms with E-state index in [1.165, 1.54) is 51.4 Å². The van der Waals surface area contributed by atoms with Crippen LogP contribution in [-0.4, -0.2) is 35.2 Å². The Balaban J connectivity index is 0. The Hall–Kier alpha value is -1.14. The monoisotopic (exact) mass is 374 g/mol. The third-order valence-electron chi connectivity index (χ3n) is 4.19. The molecule has 26 heavy (non-hydrogen) atoms. The summed E-state index contributed by atoms with van der Waals surface area (Å²) in [5, 5.41) is 16.7. The fraction of sp³-hybridized carbons (Fsp3) is 0.900. The van der Waals surface area contributed by atoms with Crippen LogP contribution in [0.5, 0.6) is 0 Å². The number of rotatable bonds is 18. The van der Waals surface area contributed by atoms with Crippen LogP contribution in [-0.2, 0) is 9.59 Å². The van der Waals surface area contributed by atoms with E-state index in [4.69, 9.17) is 21.7 Å². The predicted molar refractivity (Wildman–Crippen MR) is 107 cm³/mol. The highest BCUT2D eigenvalue weighted by Gasteiger charge is 1.98. The third kappa shape index (κ3) is 30.7. The lowest BCUT2D eigenvalue weighted by atomic mass is 10.1. The average Bonchev–Trinajstić information content (AvgIpc) is 2.60. The van der Waals surface area contributed by atoms with Crippen molar-refractivity contribution in [3.8, 4) is 0 Å². The summed E-state index contributed by atoms with van der Waals surface area (Å²) in [6.07, 6.45) is 16.3. The Morgan fingerprint density at radius 1 is 0.462 bits per heavy atom. The van der Waals surface area contributed by atoms with Gasteiger partial charge in [0.15, 0.2) is 0 Å². The zero-order valence-corrected chi connectivity index (χ0v) is 16.6. The molecule has 156 valence electrons. The normalized spacial score (nSPS) is 10.2. The van der Waals surface area contributed by atoms with E-state index in [1.54, 1.807) is 0 Å². The summed E-state index contributed by atoms with van der Waals surface area (Å²) in [4.78, 5) is 20.3. The summed E-state index contributed by atoms with van der Waals surface area (Å²) < 4.78 is 0. The van der Waals surface area contributed by atoms with Gasteiger partial charge in [0.2, 0.25) is 0 Å². The van der Waals surface area contributed by atoms with Crippen LogP contribution in [0.2, 0.25) is 0 Å². The Morgan fingerprint density at radius 2 is 0.692 bits per heavy atom. The SMILES string of the molecule is NCCCCCCCCCCN.O=C(O)CCCCCCCCC(=O)O. The minimum atomic E-state index is -0.740. The van der Waals surface area contributed by atoms with Crippen LogP contribution in [0.15, 0.2) is 0 Å². The number of carboxylic acids is 2. The van der Waals surface area contributed by atoms with E-state index in [9.17, 15) is 9.59 Å². The summed E-state index contributed by atoms with van der Waals surface area (Å²) in [5.74, 6) is -1.48. The van der Waals surface area contributed by atoms with Gasteiger partial charge in [-0.2, -0.15) is 0 Å². The maximum atomic E-state index is 10.1. The Morgan fingerprint density at radius 3 is 0.923 bits per heavy atom. The van der Waals surface area contributed by atoms with Gasteiger partial charge in [0.05, 0.1) is 0 Å². The number of unbranched alkanes of at least 4 members (excludes halogenated alkanes) is 12. The molecule has 0 aliphatic heterocycles. The minimum Gasteiger partial charge on any atom is -0.481 e. The quantitative estimate of drug-likeness (QED) is 0.265. The lowest BCUT2D eigenvalue weighted by molar-refractivity contribution is -0.138. The highest BCUT2D eigenvalue weighted by molar-refractivity contribution is 5.66. The van der Waals surface area contributed by atoms with Gasteiger partial charge >= 0.3 is 11.9 Å². The average molecular weight is 375 g/mol. The molecule has 0 aromatic heterocycles. The first-order valence-corrected chi connectivity index (χ1v) is 10.4. The largest absolute Gasteiger partial charge is 0.481 e. The number of nitrogens with two attached hydrogens (primary N) is 2. The van der Waals surface area contributed by atoms with E-state index >= 15 is 0 Å². The van der Waals surface area contributed by atoms with E-state index in [0.29, 0.717) is 0 Å². The van der Waals surface area contributed by atoms with Crippen LogP contribution in [0.1, 0.15) is 103 Å². The Bertz CT molecular complexity index is 282. The first kappa shape index (κ1) is 27.1. The molecular formula is C20H42N2O4. The summed E-state index contributed by atoms with van der Waals surface area (Å²) in [6, 6.07) is 0. The van der Waals surface area contributed by atoms with Crippen molar-refractivity contribution in [2.45, 2.75) is 103 Å². The molecule has 0 rings (SSSR count). The summed E-state index contributed by atoms with van der Waals surface area (Å²) in [5.41, 5.74) is 10.8. The standard InChI is InChI=1S/C10H24N2.C10H18O4/c11-9-7-5-3-1-2-4-6-8-10-12;11-9(12)7-5-3-1-2-4-6-8-10(13)14/h1-12H2;1-8H2,(H,11,12)(H,13,14). The molecule has 0 saturated heterocycles. The molecule has 0 saturated carbocycles. The van der Waals surface area contributed by atoms with Gasteiger partial charge < -0.3 is 21.7 Å². The number of hydrogen-bond acceptors (Lipinski definition) is 4. The van der Waals surface area contributed by atoms with Gasteiger partial charge in [-0.05, 0) is 38.8 Å². The van der Waals surface area contributed by atoms with E-state index in [0.717, 1.165) is 51.6 Å². The molecule has 0 amide bonds. The minimum absolute atomic E-state index is 0.245. The first-order valence-electron chi connectivity index (χ1n) is 10.4. The maximum Gasteiger partial charge on any atom is 0.303 e. The van der Waals surface area contributed by atoms with Crippen LogP contribution in [0.3, 0.4) is 0 Å². The van der Waals surface area contributed by atoms with Crippen molar-refractivity contribution >= 4 is 11.9 Å². The van der Waals surface area contributed by atoms with Crippen LogP contribution in [0.4, 0.5) is 0 Å². The maximum absolute atomic E-state index is 10.1. The number of hydrogen-bond donors (Lipinski definition) is 4. The number of aliphatic carboxylic acids is 2. The summed E-state index contributed by atoms with van der Waals surface area (Å²) in [6.45, 7) is 1.71. The van der Waals surface area contributed by atoms with Crippen molar-refractivity contribution in [1.29, 1.82) is 0 Å². The topological polar surface area (TPSA) is 127 Å². The molecule has 0 aliphatic carbocycles. The highest BCUT2D eigenvalue weighted by atomic mass is 16.4. The zero-order valence-electron chi connectivity index (χ0n) is 16.6. The van der Waals surface area contributed by atoms with Crippen LogP contribution in [0, 0.1) is 0 Å². The fourth-order valence-corrected chi connectivity index (χ4v) is 2.61. The van der Waals surface area contributed by atoms with Crippen LogP contribution in [0.25, 0.3) is 0 Å². The van der Waals surface area contributed by atoms with Gasteiger partial charge in [-0.3, -0.25) is 9.59 Å². The molecule has 0 unspecified atom stereocenters. The second kappa shape index (κ2) is 23.9. The molecule has 0 bridgehead atoms. The first-order chi connectivity index (χ1) is 12.5. The van der Waals surface area contributed by atoms with Crippen molar-refractivity contribution < 1.29 is 19.8 Å². The molecule has 0 atom stereocenters. The van der Waals surface area contributed by atoms with Gasteiger partial charge in [0.25, 0.3) is 0 Å². The lowest BCUT2D eigenvalue weighted by Gasteiger charge is -2.00. The number of carboxylic acid groups (broad SMARTS) is 2. The fourth-order valence-electron chi connectivity index (χ4n) is 2.61. The van der Waals surface area contributed by atoms with Crippen molar-refractivity contribution in [3.63, 3.8) is 0 Å². The van der Waals surface area contributed by atoms with Crippen molar-refractivity contribution in [2.75, 3.05) is 13.1 Å². The highest BCUT2D eigenvalue weighted by Crippen LogP contribution is 2.08. The molecule has 0 heterocycles. The van der Waals surface area contributed by atoms with Crippen LogP contribution >= 0.6 is 0 Å². The lowest BCUT2D eigenvalue weighted by Crippen LogP contribution is -1.98. The zero-order chi connectivity index (χ0) is 19.9. The molecule has 0 fully saturated rings. The predicted octanol–water partition coefficient (Wildman–Crippen LogP) is 4.30. The molecule has 0 spiro atoms. The molecule has 0 aromatic rings. The van der Waals surface area contributed by atoms with E-state index < -0.39 is 11.9 Å². The second-order valence-electron chi connectivity index (χ2n) is 6.81. The molecular weight excluding hydrogens is 332 g/mol. The molecule has 0 aromatic carbocycles. The van der Waals surface area contributed by atoms with Crippen molar-refractivity contribution in [3.05, 3.63) is 0 Å². The molecule has 0 aliphatic rings. The van der Waals surface area contributed by atoms with Crippen molar-refractivity contribution in [2.24, 2.45) is 11.5 Å². The summed E-state index contributed by atoms with van der Waals surface area (Å²) >= 11 is 0. The summed E-state index contributed by atoms with van der Waals surface area (Å²) in [7, 11) is 0. The van der Waals surface area contributed by atoms with Gasteiger partial charge in [-0.25, -0.2) is 0 Å². The Kier molecular flexibility index (Phi) is 24.9. The van der Waals surface area contributed by atoms with Gasteiger partial charge in [0, 0.05) is 12.8 Å². The van der Waals surface area contributed by atoms with Gasteiger partial charge in [-0.15, -0.1) is 0 Å². The number of carbonyl (C=O) groups is 2. The Labute approximate surface area is 159 Å². The second-order valence-corrected chi connectivity index (χ2v) is 6.81. The molecule has 6 nitrogen and oxygen atoms in total. The molecule has 6 heteroatoms. The third-order valence-corrected chi connectivity index (χ3v) is 4.19. The van der Waals surface area contributed by atoms with E-state index in [2.05, 4.69) is 0 Å². The van der Waals surface area contributed by atoms with E-state index in [-0.39, 0.29) is 12.8 Å². The van der Waals surface area contributed by atoms with Crippen LogP contribution < -0.4 is 11.5 Å². The van der Waals surface area contributed by atoms with Gasteiger partial charge in [0.1, 0.15) is 0 Å². The van der Waals surface area contributed by atoms with Crippen molar-refractivity contribution in [1.82, 2.24) is 0 Å². The van der Waals surface area contributed by atoms with E-state index in [1.807, 2.05) is 0 Å².